The fourth-order valence-electron chi connectivity index (χ4n) is 6.08. The molecule has 0 aliphatic carbocycles. The summed E-state index contributed by atoms with van der Waals surface area (Å²) in [6, 6.07) is 32.0. The predicted octanol–water partition coefficient (Wildman–Crippen LogP) is 14.7. The van der Waals surface area contributed by atoms with Crippen LogP contribution < -0.4 is 0 Å². The van der Waals surface area contributed by atoms with Crippen LogP contribution >= 0.6 is 0 Å². The summed E-state index contributed by atoms with van der Waals surface area (Å²) in [5, 5.41) is 27.6. The first kappa shape index (κ1) is 55.5. The Bertz CT molecular complexity index is 1920. The van der Waals surface area contributed by atoms with Crippen LogP contribution in [0, 0.1) is 22.7 Å². The van der Waals surface area contributed by atoms with Gasteiger partial charge in [-0.15, -0.1) is 11.4 Å². The zero-order chi connectivity index (χ0) is 39.9. The molecule has 0 saturated heterocycles. The van der Waals surface area contributed by atoms with Crippen LogP contribution in [0.25, 0.3) is 10.6 Å². The van der Waals surface area contributed by atoms with Crippen molar-refractivity contribution in [3.63, 3.8) is 0 Å². The van der Waals surface area contributed by atoms with E-state index < -0.39 is 0 Å². The van der Waals surface area contributed by atoms with Crippen molar-refractivity contribution >= 4 is 34.2 Å². The summed E-state index contributed by atoms with van der Waals surface area (Å²) in [5.74, 6) is 1.64. The van der Waals surface area contributed by atoms with Crippen LogP contribution in [0.3, 0.4) is 0 Å². The molecule has 0 fully saturated rings. The van der Waals surface area contributed by atoms with Crippen molar-refractivity contribution in [3.8, 4) is 12.1 Å². The number of aliphatic imine (C=N–C) groups is 2. The minimum atomic E-state index is 0. The standard InChI is InChI=1S/2C24H28N3.2H2O.2Zn/c2*1-16(2)21-11-9-12-22(17(3)4)24(21)27-19(6)14-18(5)26-23-13-8-7-10-20(23)15-25;;;;/h2*7-14,16-17H,1-6H3;2*1H2;;/q2*-1;;;2*+2/p-2/b2*18-14-,27-19?;;;;. The minimum Gasteiger partial charge on any atom is -0.870 e. The Balaban J connectivity index is 0. The quantitative estimate of drug-likeness (QED) is 0.102. The molecule has 0 aliphatic heterocycles. The number of hydrogen-bond donors (Lipinski definition) is 0. The number of benzene rings is 4. The molecule has 0 unspecified atom stereocenters. The Labute approximate surface area is 373 Å². The van der Waals surface area contributed by atoms with Crippen LogP contribution in [-0.2, 0) is 39.0 Å². The molecule has 8 nitrogen and oxygen atoms in total. The predicted molar refractivity (Wildman–Crippen MR) is 235 cm³/mol. The van der Waals surface area contributed by atoms with Gasteiger partial charge in [-0.2, -0.15) is 21.9 Å². The smallest absolute Gasteiger partial charge is 0.870 e. The van der Waals surface area contributed by atoms with Gasteiger partial charge in [0.2, 0.25) is 0 Å². The first-order chi connectivity index (χ1) is 25.7. The summed E-state index contributed by atoms with van der Waals surface area (Å²) in [5.41, 5.74) is 13.2. The molecule has 4 aromatic carbocycles. The van der Waals surface area contributed by atoms with Gasteiger partial charge in [-0.05, 0) is 71.9 Å². The second kappa shape index (κ2) is 27.2. The third kappa shape index (κ3) is 16.4. The molecular weight excluding hydrogens is 823 g/mol. The summed E-state index contributed by atoms with van der Waals surface area (Å²) in [6.07, 6.45) is 3.94. The molecule has 0 radical (unpaired) electrons. The Kier molecular flexibility index (Phi) is 26.0. The van der Waals surface area contributed by atoms with E-state index in [1.165, 1.54) is 22.3 Å². The molecule has 4 rings (SSSR count). The maximum absolute atomic E-state index is 9.22. The first-order valence-corrected chi connectivity index (χ1v) is 18.8. The molecule has 0 aromatic heterocycles. The van der Waals surface area contributed by atoms with Crippen molar-refractivity contribution in [2.24, 2.45) is 9.98 Å². The SMILES string of the molecule is CC(/C=C(/C)[N-]c1ccccc1C#N)=Nc1c(C(C)C)cccc1C(C)C.CC(/C=C(/C)[N-]c1ccccc1C#N)=Nc1c(C(C)C)cccc1C(C)C.[OH-].[OH-].[Zn+2].[Zn+2]. The van der Waals surface area contributed by atoms with Gasteiger partial charge in [-0.1, -0.05) is 154 Å². The molecule has 0 saturated carbocycles. The second-order valence-corrected chi connectivity index (χ2v) is 14.7. The van der Waals surface area contributed by atoms with Crippen LogP contribution in [0.15, 0.2) is 118 Å². The molecule has 0 atom stereocenters. The fourth-order valence-corrected chi connectivity index (χ4v) is 6.08. The molecule has 58 heavy (non-hydrogen) atoms. The molecule has 0 bridgehead atoms. The van der Waals surface area contributed by atoms with Gasteiger partial charge in [0, 0.05) is 22.6 Å². The summed E-state index contributed by atoms with van der Waals surface area (Å²) in [6.45, 7) is 25.4. The molecule has 2 N–H and O–H groups in total. The van der Waals surface area contributed by atoms with Crippen molar-refractivity contribution in [2.75, 3.05) is 0 Å². The van der Waals surface area contributed by atoms with E-state index in [1.807, 2.05) is 76.2 Å². The van der Waals surface area contributed by atoms with Gasteiger partial charge < -0.3 is 21.6 Å². The van der Waals surface area contributed by atoms with Crippen molar-refractivity contribution in [1.82, 2.24) is 0 Å². The van der Waals surface area contributed by atoms with Gasteiger partial charge in [0.15, 0.2) is 0 Å². The van der Waals surface area contributed by atoms with Crippen LogP contribution in [0.5, 0.6) is 0 Å². The van der Waals surface area contributed by atoms with Crippen molar-refractivity contribution in [3.05, 3.63) is 152 Å². The third-order valence-electron chi connectivity index (χ3n) is 8.74. The van der Waals surface area contributed by atoms with Crippen LogP contribution in [0.1, 0.15) is 140 Å². The van der Waals surface area contributed by atoms with Crippen LogP contribution in [0.4, 0.5) is 22.7 Å². The topological polar surface area (TPSA) is 160 Å². The summed E-state index contributed by atoms with van der Waals surface area (Å²) < 4.78 is 0. The van der Waals surface area contributed by atoms with E-state index in [1.54, 1.807) is 12.1 Å². The molecule has 0 spiro atoms. The van der Waals surface area contributed by atoms with E-state index in [0.717, 1.165) is 34.2 Å². The molecule has 0 amide bonds. The normalized spacial score (nSPS) is 11.6. The van der Waals surface area contributed by atoms with E-state index >= 15 is 0 Å². The third-order valence-corrected chi connectivity index (χ3v) is 8.74. The number of hydrogen-bond acceptors (Lipinski definition) is 6. The maximum Gasteiger partial charge on any atom is 2.00 e. The number of rotatable bonds is 12. The van der Waals surface area contributed by atoms with Gasteiger partial charge in [-0.3, -0.25) is 9.98 Å². The van der Waals surface area contributed by atoms with Crippen LogP contribution in [-0.4, -0.2) is 22.4 Å². The van der Waals surface area contributed by atoms with E-state index in [9.17, 15) is 10.5 Å². The van der Waals surface area contributed by atoms with Gasteiger partial charge >= 0.3 is 39.0 Å². The Hall–Kier alpha value is -4.55. The van der Waals surface area contributed by atoms with Crippen molar-refractivity contribution in [2.45, 2.75) is 107 Å². The zero-order valence-electron chi connectivity index (χ0n) is 36.5. The molecular formula is C48H58N6O2Zn2. The monoisotopic (exact) mass is 878 g/mol. The molecule has 0 aliphatic rings. The second-order valence-electron chi connectivity index (χ2n) is 14.7. The molecule has 4 aromatic rings. The average molecular weight is 882 g/mol. The summed E-state index contributed by atoms with van der Waals surface area (Å²) in [4.78, 5) is 9.88. The number of para-hydroxylation sites is 4. The number of nitrogens with zero attached hydrogens (tertiary/aromatic N) is 6. The Morgan fingerprint density at radius 3 is 1.02 bits per heavy atom. The largest absolute Gasteiger partial charge is 2.00 e. The van der Waals surface area contributed by atoms with Gasteiger partial charge in [0.05, 0.1) is 23.5 Å². The zero-order valence-corrected chi connectivity index (χ0v) is 42.5. The van der Waals surface area contributed by atoms with E-state index in [0.29, 0.717) is 46.2 Å². The summed E-state index contributed by atoms with van der Waals surface area (Å²) >= 11 is 0. The van der Waals surface area contributed by atoms with Crippen molar-refractivity contribution < 1.29 is 49.9 Å². The Morgan fingerprint density at radius 1 is 0.483 bits per heavy atom. The van der Waals surface area contributed by atoms with Crippen molar-refractivity contribution in [1.29, 1.82) is 10.5 Å². The molecule has 10 heteroatoms. The minimum absolute atomic E-state index is 0. The van der Waals surface area contributed by atoms with Crippen LogP contribution in [0.2, 0.25) is 0 Å². The Morgan fingerprint density at radius 2 is 0.759 bits per heavy atom. The number of nitriles is 2. The van der Waals surface area contributed by atoms with E-state index in [2.05, 4.69) is 115 Å². The fraction of sp³-hybridized carbons (Fsp3) is 0.333. The van der Waals surface area contributed by atoms with E-state index in [-0.39, 0.29) is 49.9 Å². The molecule has 296 valence electrons. The maximum atomic E-state index is 9.22. The summed E-state index contributed by atoms with van der Waals surface area (Å²) in [7, 11) is 0. The number of allylic oxidation sites excluding steroid dienone is 4. The molecule has 0 heterocycles. The van der Waals surface area contributed by atoms with Gasteiger partial charge in [0.25, 0.3) is 0 Å². The van der Waals surface area contributed by atoms with E-state index in [4.69, 9.17) is 9.98 Å². The van der Waals surface area contributed by atoms with Gasteiger partial charge in [0.1, 0.15) is 0 Å². The first-order valence-electron chi connectivity index (χ1n) is 18.8. The van der Waals surface area contributed by atoms with Gasteiger partial charge in [-0.25, -0.2) is 0 Å². The average Bonchev–Trinajstić information content (AvgIpc) is 3.11.